The SMILES string of the molecule is CCN(Cc1ccccc1)c1ccc(/C=N/n2cnnc2)cc1. The monoisotopic (exact) mass is 305 g/mol. The second-order valence-corrected chi connectivity index (χ2v) is 5.18. The van der Waals surface area contributed by atoms with Crippen LogP contribution in [0.25, 0.3) is 0 Å². The summed E-state index contributed by atoms with van der Waals surface area (Å²) in [5.74, 6) is 0. The fraction of sp³-hybridized carbons (Fsp3) is 0.167. The van der Waals surface area contributed by atoms with Crippen LogP contribution in [0.2, 0.25) is 0 Å². The van der Waals surface area contributed by atoms with Crippen molar-refractivity contribution in [3.05, 3.63) is 78.4 Å². The summed E-state index contributed by atoms with van der Waals surface area (Å²) in [6.07, 6.45) is 4.91. The van der Waals surface area contributed by atoms with Crippen molar-refractivity contribution in [3.8, 4) is 0 Å². The molecule has 1 aromatic heterocycles. The zero-order chi connectivity index (χ0) is 15.9. The van der Waals surface area contributed by atoms with Crippen LogP contribution < -0.4 is 4.90 Å². The van der Waals surface area contributed by atoms with Gasteiger partial charge in [0.05, 0.1) is 6.21 Å². The summed E-state index contributed by atoms with van der Waals surface area (Å²) in [4.78, 5) is 2.34. The van der Waals surface area contributed by atoms with Crippen LogP contribution in [0.3, 0.4) is 0 Å². The zero-order valence-electron chi connectivity index (χ0n) is 13.1. The Hall–Kier alpha value is -2.95. The fourth-order valence-electron chi connectivity index (χ4n) is 2.35. The van der Waals surface area contributed by atoms with Gasteiger partial charge in [-0.05, 0) is 30.2 Å². The lowest BCUT2D eigenvalue weighted by molar-refractivity contribution is 0.832. The Bertz CT molecular complexity index is 733. The van der Waals surface area contributed by atoms with Crippen molar-refractivity contribution in [3.63, 3.8) is 0 Å². The number of hydrogen-bond acceptors (Lipinski definition) is 4. The first-order valence-electron chi connectivity index (χ1n) is 7.63. The lowest BCUT2D eigenvalue weighted by Crippen LogP contribution is -2.21. The van der Waals surface area contributed by atoms with E-state index in [1.165, 1.54) is 11.3 Å². The predicted molar refractivity (Wildman–Crippen MR) is 92.6 cm³/mol. The minimum Gasteiger partial charge on any atom is -0.367 e. The summed E-state index contributed by atoms with van der Waals surface area (Å²) in [5.41, 5.74) is 3.56. The standard InChI is InChI=1S/C18H19N5/c1-2-22(13-17-6-4-3-5-7-17)18-10-8-16(9-11-18)12-21-23-14-19-20-15-23/h3-12,14-15H,2,13H2,1H3/b21-12+. The van der Waals surface area contributed by atoms with E-state index in [1.54, 1.807) is 23.5 Å². The highest BCUT2D eigenvalue weighted by molar-refractivity contribution is 5.80. The van der Waals surface area contributed by atoms with E-state index in [-0.39, 0.29) is 0 Å². The molecule has 5 nitrogen and oxygen atoms in total. The largest absolute Gasteiger partial charge is 0.367 e. The van der Waals surface area contributed by atoms with Gasteiger partial charge in [0.25, 0.3) is 0 Å². The van der Waals surface area contributed by atoms with Crippen LogP contribution in [-0.2, 0) is 6.54 Å². The summed E-state index contributed by atoms with van der Waals surface area (Å²) >= 11 is 0. The van der Waals surface area contributed by atoms with Crippen molar-refractivity contribution >= 4 is 11.9 Å². The maximum absolute atomic E-state index is 4.25. The molecule has 2 aromatic carbocycles. The molecule has 5 heteroatoms. The molecule has 0 saturated carbocycles. The van der Waals surface area contributed by atoms with Crippen molar-refractivity contribution in [2.45, 2.75) is 13.5 Å². The van der Waals surface area contributed by atoms with Gasteiger partial charge in [-0.1, -0.05) is 42.5 Å². The van der Waals surface area contributed by atoms with Crippen LogP contribution in [0.1, 0.15) is 18.1 Å². The quantitative estimate of drug-likeness (QED) is 0.657. The summed E-state index contributed by atoms with van der Waals surface area (Å²) in [5, 5.41) is 11.7. The Morgan fingerprint density at radius 1 is 1.00 bits per heavy atom. The molecule has 1 heterocycles. The highest BCUT2D eigenvalue weighted by Crippen LogP contribution is 2.17. The van der Waals surface area contributed by atoms with E-state index < -0.39 is 0 Å². The van der Waals surface area contributed by atoms with Crippen molar-refractivity contribution < 1.29 is 0 Å². The van der Waals surface area contributed by atoms with Crippen LogP contribution in [0.5, 0.6) is 0 Å². The van der Waals surface area contributed by atoms with Gasteiger partial charge < -0.3 is 4.90 Å². The topological polar surface area (TPSA) is 46.3 Å². The minimum absolute atomic E-state index is 0.908. The first-order chi connectivity index (χ1) is 11.3. The van der Waals surface area contributed by atoms with Gasteiger partial charge in [-0.15, -0.1) is 10.2 Å². The average Bonchev–Trinajstić information content (AvgIpc) is 3.13. The maximum atomic E-state index is 4.25. The van der Waals surface area contributed by atoms with Crippen molar-refractivity contribution in [1.82, 2.24) is 14.9 Å². The van der Waals surface area contributed by atoms with Gasteiger partial charge in [-0.25, -0.2) is 4.68 Å². The highest BCUT2D eigenvalue weighted by Gasteiger charge is 2.04. The molecule has 3 rings (SSSR count). The average molecular weight is 305 g/mol. The smallest absolute Gasteiger partial charge is 0.141 e. The van der Waals surface area contributed by atoms with Crippen molar-refractivity contribution in [2.75, 3.05) is 11.4 Å². The highest BCUT2D eigenvalue weighted by atomic mass is 15.4. The van der Waals surface area contributed by atoms with E-state index in [9.17, 15) is 0 Å². The Morgan fingerprint density at radius 3 is 2.35 bits per heavy atom. The maximum Gasteiger partial charge on any atom is 0.141 e. The number of aromatic nitrogens is 3. The molecule has 0 atom stereocenters. The van der Waals surface area contributed by atoms with E-state index >= 15 is 0 Å². The third-order valence-corrected chi connectivity index (χ3v) is 3.60. The van der Waals surface area contributed by atoms with Crippen molar-refractivity contribution in [2.24, 2.45) is 5.10 Å². The number of nitrogens with zero attached hydrogens (tertiary/aromatic N) is 5. The van der Waals surface area contributed by atoms with Gasteiger partial charge in [0.1, 0.15) is 12.7 Å². The van der Waals surface area contributed by atoms with E-state index in [0.29, 0.717) is 0 Å². The Morgan fingerprint density at radius 2 is 1.70 bits per heavy atom. The van der Waals surface area contributed by atoms with Gasteiger partial charge in [0, 0.05) is 18.8 Å². The van der Waals surface area contributed by atoms with Crippen LogP contribution in [0, 0.1) is 0 Å². The van der Waals surface area contributed by atoms with Gasteiger partial charge in [0.2, 0.25) is 0 Å². The molecule has 0 aliphatic rings. The van der Waals surface area contributed by atoms with Gasteiger partial charge in [0.15, 0.2) is 0 Å². The molecule has 0 saturated heterocycles. The number of hydrogen-bond donors (Lipinski definition) is 0. The number of anilines is 1. The molecule has 0 fully saturated rings. The molecule has 23 heavy (non-hydrogen) atoms. The molecule has 0 aliphatic carbocycles. The molecule has 0 N–H and O–H groups in total. The number of benzene rings is 2. The normalized spacial score (nSPS) is 11.0. The predicted octanol–water partition coefficient (Wildman–Crippen LogP) is 3.19. The lowest BCUT2D eigenvalue weighted by atomic mass is 10.1. The second-order valence-electron chi connectivity index (χ2n) is 5.18. The third kappa shape index (κ3) is 4.03. The minimum atomic E-state index is 0.908. The Kier molecular flexibility index (Phi) is 4.79. The summed E-state index contributed by atoms with van der Waals surface area (Å²) < 4.78 is 1.57. The summed E-state index contributed by atoms with van der Waals surface area (Å²) in [7, 11) is 0. The Labute approximate surface area is 135 Å². The van der Waals surface area contributed by atoms with Crippen molar-refractivity contribution in [1.29, 1.82) is 0 Å². The second kappa shape index (κ2) is 7.35. The third-order valence-electron chi connectivity index (χ3n) is 3.60. The number of rotatable bonds is 6. The van der Waals surface area contributed by atoms with Gasteiger partial charge in [-0.3, -0.25) is 0 Å². The molecule has 0 aliphatic heterocycles. The van der Waals surface area contributed by atoms with E-state index in [4.69, 9.17) is 0 Å². The van der Waals surface area contributed by atoms with E-state index in [0.717, 1.165) is 18.7 Å². The van der Waals surface area contributed by atoms with E-state index in [2.05, 4.69) is 75.7 Å². The first kappa shape index (κ1) is 15.0. The first-order valence-corrected chi connectivity index (χ1v) is 7.63. The molecular weight excluding hydrogens is 286 g/mol. The zero-order valence-corrected chi connectivity index (χ0v) is 13.1. The van der Waals surface area contributed by atoms with Crippen LogP contribution in [-0.4, -0.2) is 27.6 Å². The van der Waals surface area contributed by atoms with Crippen LogP contribution in [0.15, 0.2) is 72.4 Å². The van der Waals surface area contributed by atoms with Crippen LogP contribution in [0.4, 0.5) is 5.69 Å². The lowest BCUT2D eigenvalue weighted by Gasteiger charge is -2.23. The molecular formula is C18H19N5. The van der Waals surface area contributed by atoms with Gasteiger partial charge in [-0.2, -0.15) is 5.10 Å². The van der Waals surface area contributed by atoms with E-state index in [1.807, 2.05) is 6.07 Å². The Balaban J connectivity index is 1.70. The molecule has 0 bridgehead atoms. The fourth-order valence-corrected chi connectivity index (χ4v) is 2.35. The molecule has 116 valence electrons. The molecule has 3 aromatic rings. The molecule has 0 spiro atoms. The summed E-state index contributed by atoms with van der Waals surface area (Å²) in [6, 6.07) is 18.9. The molecule has 0 amide bonds. The van der Waals surface area contributed by atoms with Gasteiger partial charge >= 0.3 is 0 Å². The molecule has 0 unspecified atom stereocenters. The summed E-state index contributed by atoms with van der Waals surface area (Å²) in [6.45, 7) is 4.04. The molecule has 0 radical (unpaired) electrons. The van der Waals surface area contributed by atoms with Crippen LogP contribution >= 0.6 is 0 Å².